The number of nitrogens with one attached hydrogen (secondary N) is 1. The van der Waals surface area contributed by atoms with Crippen molar-refractivity contribution in [1.82, 2.24) is 19.7 Å². The number of phenolic OH excluding ortho intramolecular Hbond substituents is 1. The lowest BCUT2D eigenvalue weighted by atomic mass is 9.89. The lowest BCUT2D eigenvalue weighted by molar-refractivity contribution is -0.128. The van der Waals surface area contributed by atoms with Gasteiger partial charge in [-0.3, -0.25) is 14.6 Å². The second-order valence-electron chi connectivity index (χ2n) is 10.3. The highest BCUT2D eigenvalue weighted by atomic mass is 19.1. The van der Waals surface area contributed by atoms with Crippen molar-refractivity contribution in [2.24, 2.45) is 0 Å². The number of nitrogens with zero attached hydrogens (tertiary/aromatic N) is 3. The van der Waals surface area contributed by atoms with Crippen LogP contribution in [0.3, 0.4) is 0 Å². The third kappa shape index (κ3) is 4.20. The van der Waals surface area contributed by atoms with Crippen LogP contribution in [0, 0.1) is 5.82 Å². The molecule has 8 nitrogen and oxygen atoms in total. The van der Waals surface area contributed by atoms with E-state index in [-0.39, 0.29) is 23.4 Å². The molecule has 2 N–H and O–H groups in total. The number of aromatic nitrogens is 1. The summed E-state index contributed by atoms with van der Waals surface area (Å²) in [5.41, 5.74) is 3.12. The van der Waals surface area contributed by atoms with Gasteiger partial charge in [0.2, 0.25) is 0 Å². The Bertz CT molecular complexity index is 1430. The van der Waals surface area contributed by atoms with Crippen LogP contribution in [0.4, 0.5) is 9.18 Å². The van der Waals surface area contributed by atoms with E-state index in [2.05, 4.69) is 22.0 Å². The van der Waals surface area contributed by atoms with E-state index in [4.69, 9.17) is 4.74 Å². The van der Waals surface area contributed by atoms with E-state index in [1.165, 1.54) is 18.1 Å². The standard InChI is InChI=1S/C29H31FN4O4/c1-38-26-16-20-21-15-25-28(36)33(12-6-11-32-9-3-2-4-10-32)29(37)34(25)24(14-18-7-5-8-19(35)13-18)27(21)31-23(20)17-22(26)30/h2-3,5,7-8,13,16-17,24-25,31,35H,4,6,9-12,14-15H2,1H3/t24?,25-/m0/s1. The Hall–Kier alpha value is -3.85. The predicted molar refractivity (Wildman–Crippen MR) is 141 cm³/mol. The lowest BCUT2D eigenvalue weighted by Crippen LogP contribution is -2.44. The van der Waals surface area contributed by atoms with E-state index in [1.54, 1.807) is 29.2 Å². The van der Waals surface area contributed by atoms with Crippen LogP contribution >= 0.6 is 0 Å². The fourth-order valence-corrected chi connectivity index (χ4v) is 6.13. The van der Waals surface area contributed by atoms with Gasteiger partial charge in [-0.1, -0.05) is 24.3 Å². The number of fused-ring (bicyclic) bond motifs is 4. The largest absolute Gasteiger partial charge is 0.508 e. The van der Waals surface area contributed by atoms with Crippen LogP contribution in [0.5, 0.6) is 11.5 Å². The zero-order chi connectivity index (χ0) is 26.4. The Balaban J connectivity index is 1.34. The molecule has 0 saturated carbocycles. The molecule has 6 rings (SSSR count). The van der Waals surface area contributed by atoms with Gasteiger partial charge in [0.25, 0.3) is 5.91 Å². The molecule has 0 aliphatic carbocycles. The molecule has 9 heteroatoms. The van der Waals surface area contributed by atoms with Gasteiger partial charge in [-0.15, -0.1) is 0 Å². The maximum absolute atomic E-state index is 14.5. The molecular weight excluding hydrogens is 487 g/mol. The van der Waals surface area contributed by atoms with Crippen molar-refractivity contribution < 1.29 is 23.8 Å². The van der Waals surface area contributed by atoms with Crippen molar-refractivity contribution in [3.8, 4) is 11.5 Å². The quantitative estimate of drug-likeness (QED) is 0.363. The van der Waals surface area contributed by atoms with Crippen LogP contribution in [0.25, 0.3) is 10.9 Å². The average molecular weight is 519 g/mol. The van der Waals surface area contributed by atoms with Crippen LogP contribution in [0.1, 0.15) is 35.7 Å². The first-order valence-corrected chi connectivity index (χ1v) is 13.1. The summed E-state index contributed by atoms with van der Waals surface area (Å²) in [4.78, 5) is 36.1. The Morgan fingerprint density at radius 1 is 1.16 bits per heavy atom. The highest BCUT2D eigenvalue weighted by Crippen LogP contribution is 2.43. The van der Waals surface area contributed by atoms with Crippen molar-refractivity contribution in [3.63, 3.8) is 0 Å². The SMILES string of the molecule is COc1cc2c3c([nH]c2cc1F)C(Cc1cccc(O)c1)N1C(=O)N(CCCN2CC=CCC2)C(=O)[C@@H]1C3. The number of phenols is 1. The summed E-state index contributed by atoms with van der Waals surface area (Å²) < 4.78 is 19.7. The van der Waals surface area contributed by atoms with Gasteiger partial charge in [0, 0.05) is 55.3 Å². The van der Waals surface area contributed by atoms with Gasteiger partial charge in [-0.2, -0.15) is 0 Å². The first kappa shape index (κ1) is 24.5. The first-order valence-electron chi connectivity index (χ1n) is 13.1. The third-order valence-electron chi connectivity index (χ3n) is 7.95. The molecule has 3 aliphatic rings. The van der Waals surface area contributed by atoms with Gasteiger partial charge >= 0.3 is 6.03 Å². The number of imide groups is 1. The molecule has 1 aromatic heterocycles. The van der Waals surface area contributed by atoms with Crippen molar-refractivity contribution in [3.05, 3.63) is 71.2 Å². The molecule has 3 aliphatic heterocycles. The minimum atomic E-state index is -0.634. The smallest absolute Gasteiger partial charge is 0.328 e. The molecule has 1 fully saturated rings. The summed E-state index contributed by atoms with van der Waals surface area (Å²) in [6.45, 7) is 3.09. The summed E-state index contributed by atoms with van der Waals surface area (Å²) >= 11 is 0. The molecule has 2 atom stereocenters. The molecule has 2 aromatic carbocycles. The zero-order valence-corrected chi connectivity index (χ0v) is 21.3. The van der Waals surface area contributed by atoms with E-state index in [1.807, 2.05) is 6.07 Å². The Labute approximate surface area is 220 Å². The number of methoxy groups -OCH3 is 1. The molecule has 1 saturated heterocycles. The molecule has 3 amide bonds. The van der Waals surface area contributed by atoms with E-state index in [9.17, 15) is 19.1 Å². The number of halogens is 1. The summed E-state index contributed by atoms with van der Waals surface area (Å²) in [5, 5.41) is 10.8. The lowest BCUT2D eigenvalue weighted by Gasteiger charge is -2.36. The molecule has 0 radical (unpaired) electrons. The average Bonchev–Trinajstić information content (AvgIpc) is 3.38. The number of rotatable bonds is 7. The van der Waals surface area contributed by atoms with Gasteiger partial charge < -0.3 is 19.7 Å². The van der Waals surface area contributed by atoms with Crippen LogP contribution in [0.15, 0.2) is 48.6 Å². The normalized spacial score (nSPS) is 21.3. The van der Waals surface area contributed by atoms with Crippen molar-refractivity contribution in [1.29, 1.82) is 0 Å². The van der Waals surface area contributed by atoms with Crippen molar-refractivity contribution >= 4 is 22.8 Å². The van der Waals surface area contributed by atoms with Gasteiger partial charge in [0.05, 0.1) is 13.2 Å². The van der Waals surface area contributed by atoms with Gasteiger partial charge in [-0.25, -0.2) is 9.18 Å². The zero-order valence-electron chi connectivity index (χ0n) is 21.3. The van der Waals surface area contributed by atoms with Gasteiger partial charge in [0.1, 0.15) is 11.8 Å². The number of aromatic hydroxyl groups is 1. The van der Waals surface area contributed by atoms with E-state index in [0.717, 1.165) is 48.3 Å². The minimum Gasteiger partial charge on any atom is -0.508 e. The highest BCUT2D eigenvalue weighted by Gasteiger charge is 2.51. The monoisotopic (exact) mass is 518 g/mol. The topological polar surface area (TPSA) is 89.1 Å². The Morgan fingerprint density at radius 2 is 2.03 bits per heavy atom. The van der Waals surface area contributed by atoms with Crippen LogP contribution < -0.4 is 4.74 Å². The number of amides is 3. The van der Waals surface area contributed by atoms with E-state index in [0.29, 0.717) is 31.3 Å². The van der Waals surface area contributed by atoms with Crippen LogP contribution in [-0.2, 0) is 17.6 Å². The second kappa shape index (κ2) is 9.79. The molecule has 38 heavy (non-hydrogen) atoms. The summed E-state index contributed by atoms with van der Waals surface area (Å²) in [6, 6.07) is 8.57. The van der Waals surface area contributed by atoms with Crippen LogP contribution in [-0.4, -0.2) is 76.1 Å². The Morgan fingerprint density at radius 3 is 2.79 bits per heavy atom. The van der Waals surface area contributed by atoms with Gasteiger partial charge in [0.15, 0.2) is 11.6 Å². The van der Waals surface area contributed by atoms with E-state index >= 15 is 0 Å². The second-order valence-corrected chi connectivity index (χ2v) is 10.3. The summed E-state index contributed by atoms with van der Waals surface area (Å²) in [5.74, 6) is -0.402. The number of hydrogen-bond donors (Lipinski definition) is 2. The molecule has 4 heterocycles. The predicted octanol–water partition coefficient (Wildman–Crippen LogP) is 4.15. The molecule has 1 unspecified atom stereocenters. The van der Waals surface area contributed by atoms with Crippen molar-refractivity contribution in [2.45, 2.75) is 37.8 Å². The van der Waals surface area contributed by atoms with E-state index < -0.39 is 17.9 Å². The van der Waals surface area contributed by atoms with Crippen LogP contribution in [0.2, 0.25) is 0 Å². The molecule has 198 valence electrons. The number of ether oxygens (including phenoxy) is 1. The molecule has 3 aromatic rings. The fourth-order valence-electron chi connectivity index (χ4n) is 6.13. The fraction of sp³-hybridized carbons (Fsp3) is 0.379. The number of urea groups is 1. The van der Waals surface area contributed by atoms with Crippen molar-refractivity contribution in [2.75, 3.05) is 33.3 Å². The number of carbonyl (C=O) groups is 2. The Kier molecular flexibility index (Phi) is 6.31. The molecular formula is C29H31FN4O4. The number of H-pyrrole nitrogens is 1. The van der Waals surface area contributed by atoms with Gasteiger partial charge in [-0.05, 0) is 48.6 Å². The number of carbonyl (C=O) groups excluding carboxylic acids is 2. The minimum absolute atomic E-state index is 0.134. The highest BCUT2D eigenvalue weighted by molar-refractivity contribution is 6.05. The molecule has 0 bridgehead atoms. The number of hydrogen-bond acceptors (Lipinski definition) is 5. The molecule has 0 spiro atoms. The summed E-state index contributed by atoms with van der Waals surface area (Å²) in [7, 11) is 1.42. The maximum Gasteiger partial charge on any atom is 0.328 e. The first-order chi connectivity index (χ1) is 18.4. The third-order valence-corrected chi connectivity index (χ3v) is 7.95. The number of aromatic amines is 1. The maximum atomic E-state index is 14.5. The number of benzene rings is 2. The summed E-state index contributed by atoms with van der Waals surface area (Å²) in [6.07, 6.45) is 6.82.